The van der Waals surface area contributed by atoms with Gasteiger partial charge in [0.25, 0.3) is 0 Å². The van der Waals surface area contributed by atoms with E-state index in [9.17, 15) is 5.11 Å². The molecule has 1 aliphatic heterocycles. The number of aliphatic hydroxyl groups excluding tert-OH is 1. The van der Waals surface area contributed by atoms with Crippen molar-refractivity contribution in [2.45, 2.75) is 20.4 Å². The Hall–Kier alpha value is -0.940. The Morgan fingerprint density at radius 2 is 2.21 bits per heavy atom. The molecule has 1 saturated heterocycles. The normalized spacial score (nSPS) is 19.4. The van der Waals surface area contributed by atoms with Crippen molar-refractivity contribution in [2.24, 2.45) is 5.41 Å². The molecule has 0 radical (unpaired) electrons. The minimum absolute atomic E-state index is 0.134. The third kappa shape index (κ3) is 1.53. The Labute approximate surface area is 82.7 Å². The predicted octanol–water partition coefficient (Wildman–Crippen LogP) is -0.0962. The van der Waals surface area contributed by atoms with Crippen LogP contribution in [0.25, 0.3) is 0 Å². The van der Waals surface area contributed by atoms with Crippen molar-refractivity contribution in [2.75, 3.05) is 19.8 Å². The summed E-state index contributed by atoms with van der Waals surface area (Å²) in [6, 6.07) is 0. The number of rotatable bonds is 3. The molecule has 1 N–H and O–H groups in total. The van der Waals surface area contributed by atoms with Gasteiger partial charge < -0.3 is 9.84 Å². The van der Waals surface area contributed by atoms with Crippen LogP contribution < -0.4 is 0 Å². The summed E-state index contributed by atoms with van der Waals surface area (Å²) in [6.07, 6.45) is 0. The fourth-order valence-corrected chi connectivity index (χ4v) is 1.65. The zero-order valence-corrected chi connectivity index (χ0v) is 8.53. The van der Waals surface area contributed by atoms with E-state index in [1.807, 2.05) is 18.5 Å². The number of aromatic nitrogens is 3. The highest BCUT2D eigenvalue weighted by Crippen LogP contribution is 2.28. The lowest BCUT2D eigenvalue weighted by atomic mass is 9.87. The summed E-state index contributed by atoms with van der Waals surface area (Å²) in [5, 5.41) is 13.5. The fourth-order valence-electron chi connectivity index (χ4n) is 1.65. The number of hydrogen-bond acceptors (Lipinski definition) is 4. The smallest absolute Gasteiger partial charge is 0.147 e. The van der Waals surface area contributed by atoms with Crippen molar-refractivity contribution in [3.05, 3.63) is 11.6 Å². The van der Waals surface area contributed by atoms with Crippen molar-refractivity contribution >= 4 is 0 Å². The first-order chi connectivity index (χ1) is 6.65. The van der Waals surface area contributed by atoms with Gasteiger partial charge in [-0.1, -0.05) is 0 Å². The van der Waals surface area contributed by atoms with E-state index in [0.717, 1.165) is 11.6 Å². The van der Waals surface area contributed by atoms with E-state index in [2.05, 4.69) is 10.1 Å². The highest BCUT2D eigenvalue weighted by molar-refractivity contribution is 4.92. The number of hydrogen-bond donors (Lipinski definition) is 1. The third-order valence-electron chi connectivity index (χ3n) is 2.60. The molecule has 5 heteroatoms. The topological polar surface area (TPSA) is 60.2 Å². The van der Waals surface area contributed by atoms with Gasteiger partial charge in [0.05, 0.1) is 31.8 Å². The van der Waals surface area contributed by atoms with Crippen molar-refractivity contribution < 1.29 is 9.84 Å². The van der Waals surface area contributed by atoms with E-state index in [-0.39, 0.29) is 12.0 Å². The van der Waals surface area contributed by atoms with E-state index in [4.69, 9.17) is 4.74 Å². The molecule has 1 aromatic rings. The SMILES string of the molecule is Cc1nc(C)n(CC2(CO)COC2)n1. The van der Waals surface area contributed by atoms with Crippen LogP contribution in [0.5, 0.6) is 0 Å². The molecule has 1 fully saturated rings. The maximum Gasteiger partial charge on any atom is 0.147 e. The van der Waals surface area contributed by atoms with Crippen LogP contribution in [0.15, 0.2) is 0 Å². The molecule has 2 heterocycles. The summed E-state index contributed by atoms with van der Waals surface area (Å²) in [5.41, 5.74) is -0.134. The molecule has 0 saturated carbocycles. The zero-order chi connectivity index (χ0) is 10.2. The second kappa shape index (κ2) is 3.33. The first kappa shape index (κ1) is 9.61. The van der Waals surface area contributed by atoms with Gasteiger partial charge >= 0.3 is 0 Å². The van der Waals surface area contributed by atoms with E-state index in [0.29, 0.717) is 19.8 Å². The Morgan fingerprint density at radius 3 is 2.57 bits per heavy atom. The summed E-state index contributed by atoms with van der Waals surface area (Å²) < 4.78 is 6.97. The Bertz CT molecular complexity index is 325. The van der Waals surface area contributed by atoms with Gasteiger partial charge in [0.15, 0.2) is 0 Å². The van der Waals surface area contributed by atoms with Gasteiger partial charge in [-0.25, -0.2) is 9.67 Å². The molecule has 0 spiro atoms. The van der Waals surface area contributed by atoms with Crippen molar-refractivity contribution in [1.82, 2.24) is 14.8 Å². The number of aliphatic hydroxyl groups is 1. The van der Waals surface area contributed by atoms with Gasteiger partial charge in [-0.3, -0.25) is 0 Å². The van der Waals surface area contributed by atoms with Crippen LogP contribution >= 0.6 is 0 Å². The van der Waals surface area contributed by atoms with Crippen LogP contribution in [-0.2, 0) is 11.3 Å². The molecule has 0 bridgehead atoms. The summed E-state index contributed by atoms with van der Waals surface area (Å²) in [5.74, 6) is 1.66. The van der Waals surface area contributed by atoms with Gasteiger partial charge in [-0.05, 0) is 13.8 Å². The van der Waals surface area contributed by atoms with Crippen LogP contribution in [0.4, 0.5) is 0 Å². The molecular formula is C9H15N3O2. The Kier molecular flexibility index (Phi) is 2.28. The van der Waals surface area contributed by atoms with Gasteiger partial charge in [0.1, 0.15) is 11.6 Å². The van der Waals surface area contributed by atoms with Crippen LogP contribution in [0.3, 0.4) is 0 Å². The average Bonchev–Trinajstić information content (AvgIpc) is 2.38. The molecule has 0 atom stereocenters. The second-order valence-electron chi connectivity index (χ2n) is 4.01. The summed E-state index contributed by atoms with van der Waals surface area (Å²) in [7, 11) is 0. The summed E-state index contributed by atoms with van der Waals surface area (Å²) in [4.78, 5) is 4.22. The fraction of sp³-hybridized carbons (Fsp3) is 0.778. The van der Waals surface area contributed by atoms with E-state index in [1.54, 1.807) is 0 Å². The maximum absolute atomic E-state index is 9.25. The van der Waals surface area contributed by atoms with Gasteiger partial charge in [-0.2, -0.15) is 5.10 Å². The van der Waals surface area contributed by atoms with Crippen molar-refractivity contribution in [3.63, 3.8) is 0 Å². The highest BCUT2D eigenvalue weighted by atomic mass is 16.5. The average molecular weight is 197 g/mol. The zero-order valence-electron chi connectivity index (χ0n) is 8.53. The molecular weight excluding hydrogens is 182 g/mol. The molecule has 1 aliphatic rings. The molecule has 1 aromatic heterocycles. The van der Waals surface area contributed by atoms with Crippen LogP contribution in [0.1, 0.15) is 11.6 Å². The number of ether oxygens (including phenoxy) is 1. The first-order valence-corrected chi connectivity index (χ1v) is 4.72. The number of aryl methyl sites for hydroxylation is 2. The Morgan fingerprint density at radius 1 is 1.50 bits per heavy atom. The van der Waals surface area contributed by atoms with E-state index in [1.165, 1.54) is 0 Å². The lowest BCUT2D eigenvalue weighted by molar-refractivity contribution is -0.146. The van der Waals surface area contributed by atoms with Crippen molar-refractivity contribution in [1.29, 1.82) is 0 Å². The van der Waals surface area contributed by atoms with Crippen molar-refractivity contribution in [3.8, 4) is 0 Å². The molecule has 2 rings (SSSR count). The lowest BCUT2D eigenvalue weighted by Crippen LogP contribution is -2.49. The number of nitrogens with zero attached hydrogens (tertiary/aromatic N) is 3. The van der Waals surface area contributed by atoms with E-state index < -0.39 is 0 Å². The standard InChI is InChI=1S/C9H15N3O2/c1-7-10-8(2)12(11-7)3-9(4-13)5-14-6-9/h13H,3-6H2,1-2H3. The van der Waals surface area contributed by atoms with Crippen LogP contribution in [0.2, 0.25) is 0 Å². The molecule has 5 nitrogen and oxygen atoms in total. The summed E-state index contributed by atoms with van der Waals surface area (Å²) >= 11 is 0. The largest absolute Gasteiger partial charge is 0.396 e. The van der Waals surface area contributed by atoms with E-state index >= 15 is 0 Å². The quantitative estimate of drug-likeness (QED) is 0.735. The lowest BCUT2D eigenvalue weighted by Gasteiger charge is -2.39. The first-order valence-electron chi connectivity index (χ1n) is 4.72. The molecule has 0 aromatic carbocycles. The molecule has 78 valence electrons. The molecule has 0 amide bonds. The Balaban J connectivity index is 2.13. The predicted molar refractivity (Wildman–Crippen MR) is 49.8 cm³/mol. The van der Waals surface area contributed by atoms with Gasteiger partial charge in [-0.15, -0.1) is 0 Å². The van der Waals surface area contributed by atoms with Crippen LogP contribution in [-0.4, -0.2) is 39.7 Å². The molecule has 0 aliphatic carbocycles. The minimum Gasteiger partial charge on any atom is -0.396 e. The molecule has 0 unspecified atom stereocenters. The van der Waals surface area contributed by atoms with Crippen LogP contribution in [0, 0.1) is 19.3 Å². The molecule has 14 heavy (non-hydrogen) atoms. The monoisotopic (exact) mass is 197 g/mol. The van der Waals surface area contributed by atoms with Gasteiger partial charge in [0.2, 0.25) is 0 Å². The summed E-state index contributed by atoms with van der Waals surface area (Å²) in [6.45, 7) is 5.85. The highest BCUT2D eigenvalue weighted by Gasteiger charge is 2.39. The minimum atomic E-state index is -0.134. The second-order valence-corrected chi connectivity index (χ2v) is 4.01. The maximum atomic E-state index is 9.25. The van der Waals surface area contributed by atoms with Gasteiger partial charge in [0, 0.05) is 0 Å². The third-order valence-corrected chi connectivity index (χ3v) is 2.60.